The first-order valence-corrected chi connectivity index (χ1v) is 6.82. The zero-order valence-electron chi connectivity index (χ0n) is 11.0. The molecule has 2 rings (SSSR count). The van der Waals surface area contributed by atoms with Gasteiger partial charge in [-0.15, -0.1) is 0 Å². The molecule has 2 unspecified atom stereocenters. The second-order valence-corrected chi connectivity index (χ2v) is 5.44. The lowest BCUT2D eigenvalue weighted by Crippen LogP contribution is -2.46. The molecule has 100 valence electrons. The molecule has 1 aliphatic carbocycles. The Morgan fingerprint density at radius 1 is 1.50 bits per heavy atom. The van der Waals surface area contributed by atoms with Crippen LogP contribution in [0.3, 0.4) is 0 Å². The summed E-state index contributed by atoms with van der Waals surface area (Å²) in [6.45, 7) is 2.31. The number of hydrogen-bond donors (Lipinski definition) is 2. The van der Waals surface area contributed by atoms with Crippen LogP contribution in [-0.2, 0) is 0 Å². The van der Waals surface area contributed by atoms with Crippen molar-refractivity contribution in [2.45, 2.75) is 44.6 Å². The van der Waals surface area contributed by atoms with Gasteiger partial charge in [0.25, 0.3) is 0 Å². The lowest BCUT2D eigenvalue weighted by molar-refractivity contribution is 0.142. The minimum atomic E-state index is -0.271. The number of hydrogen-bond acceptors (Lipinski definition) is 2. The second-order valence-electron chi connectivity index (χ2n) is 5.44. The van der Waals surface area contributed by atoms with E-state index in [0.717, 1.165) is 31.4 Å². The van der Waals surface area contributed by atoms with Crippen molar-refractivity contribution < 1.29 is 9.50 Å². The zero-order chi connectivity index (χ0) is 13.0. The Labute approximate surface area is 108 Å². The van der Waals surface area contributed by atoms with Gasteiger partial charge in [0.2, 0.25) is 0 Å². The zero-order valence-corrected chi connectivity index (χ0v) is 11.0. The summed E-state index contributed by atoms with van der Waals surface area (Å²) in [5, 5.41) is 13.1. The van der Waals surface area contributed by atoms with Crippen molar-refractivity contribution in [2.24, 2.45) is 5.92 Å². The predicted octanol–water partition coefficient (Wildman–Crippen LogP) is 3.57. The van der Waals surface area contributed by atoms with Gasteiger partial charge in [0.1, 0.15) is 5.82 Å². The van der Waals surface area contributed by atoms with E-state index in [1.54, 1.807) is 6.07 Å². The maximum absolute atomic E-state index is 13.2. The molecule has 0 heterocycles. The molecular formula is C15H22FNO. The van der Waals surface area contributed by atoms with E-state index >= 15 is 0 Å². The standard InChI is InChI=1S/C15H22FNO/c1-2-12-5-4-8-15(10-12,11-18)17-14-7-3-6-13(16)9-14/h3,6-7,9,12,17-18H,2,4-5,8,10-11H2,1H3. The fourth-order valence-corrected chi connectivity index (χ4v) is 3.00. The van der Waals surface area contributed by atoms with Gasteiger partial charge in [-0.2, -0.15) is 0 Å². The van der Waals surface area contributed by atoms with Gasteiger partial charge in [-0.25, -0.2) is 4.39 Å². The first-order valence-electron chi connectivity index (χ1n) is 6.82. The first-order chi connectivity index (χ1) is 8.67. The van der Waals surface area contributed by atoms with Crippen molar-refractivity contribution in [3.8, 4) is 0 Å². The molecule has 1 aromatic carbocycles. The van der Waals surface area contributed by atoms with Crippen LogP contribution < -0.4 is 5.32 Å². The van der Waals surface area contributed by atoms with E-state index in [4.69, 9.17) is 0 Å². The summed E-state index contributed by atoms with van der Waals surface area (Å²) in [6, 6.07) is 6.48. The van der Waals surface area contributed by atoms with Crippen LogP contribution in [0.25, 0.3) is 0 Å². The molecule has 0 bridgehead atoms. The fraction of sp³-hybridized carbons (Fsp3) is 0.600. The predicted molar refractivity (Wildman–Crippen MR) is 72.1 cm³/mol. The fourth-order valence-electron chi connectivity index (χ4n) is 3.00. The highest BCUT2D eigenvalue weighted by Crippen LogP contribution is 2.36. The van der Waals surface area contributed by atoms with Crippen molar-refractivity contribution in [1.29, 1.82) is 0 Å². The van der Waals surface area contributed by atoms with Gasteiger partial charge >= 0.3 is 0 Å². The van der Waals surface area contributed by atoms with E-state index in [1.165, 1.54) is 18.6 Å². The lowest BCUT2D eigenvalue weighted by atomic mass is 9.75. The molecule has 0 aromatic heterocycles. The van der Waals surface area contributed by atoms with Gasteiger partial charge in [0, 0.05) is 5.69 Å². The molecule has 0 radical (unpaired) electrons. The molecule has 0 amide bonds. The van der Waals surface area contributed by atoms with Crippen LogP contribution in [0.5, 0.6) is 0 Å². The van der Waals surface area contributed by atoms with Gasteiger partial charge in [-0.3, -0.25) is 0 Å². The van der Waals surface area contributed by atoms with Crippen LogP contribution in [0.15, 0.2) is 24.3 Å². The van der Waals surface area contributed by atoms with E-state index in [2.05, 4.69) is 12.2 Å². The third kappa shape index (κ3) is 3.02. The average Bonchev–Trinajstić information content (AvgIpc) is 2.39. The largest absolute Gasteiger partial charge is 0.394 e. The Balaban J connectivity index is 2.12. The van der Waals surface area contributed by atoms with Crippen molar-refractivity contribution in [3.63, 3.8) is 0 Å². The van der Waals surface area contributed by atoms with Gasteiger partial charge in [0.05, 0.1) is 12.1 Å². The Hall–Kier alpha value is -1.09. The second kappa shape index (κ2) is 5.70. The number of anilines is 1. The van der Waals surface area contributed by atoms with Crippen LogP contribution in [0.2, 0.25) is 0 Å². The minimum absolute atomic E-state index is 0.111. The van der Waals surface area contributed by atoms with Crippen LogP contribution >= 0.6 is 0 Å². The number of aliphatic hydroxyl groups excluding tert-OH is 1. The normalized spacial score (nSPS) is 28.1. The van der Waals surface area contributed by atoms with Crippen LogP contribution in [0.1, 0.15) is 39.0 Å². The van der Waals surface area contributed by atoms with Crippen molar-refractivity contribution in [3.05, 3.63) is 30.1 Å². The summed E-state index contributed by atoms with van der Waals surface area (Å²) in [6.07, 6.45) is 5.43. The van der Waals surface area contributed by atoms with Crippen LogP contribution in [0.4, 0.5) is 10.1 Å². The van der Waals surface area contributed by atoms with Gasteiger partial charge < -0.3 is 10.4 Å². The summed E-state index contributed by atoms with van der Waals surface area (Å²) >= 11 is 0. The topological polar surface area (TPSA) is 32.3 Å². The molecule has 0 aliphatic heterocycles. The van der Waals surface area contributed by atoms with Gasteiger partial charge in [-0.05, 0) is 37.0 Å². The van der Waals surface area contributed by atoms with E-state index in [1.807, 2.05) is 6.07 Å². The van der Waals surface area contributed by atoms with Gasteiger partial charge in [0.15, 0.2) is 0 Å². The maximum atomic E-state index is 13.2. The van der Waals surface area contributed by atoms with Crippen molar-refractivity contribution in [1.82, 2.24) is 0 Å². The van der Waals surface area contributed by atoms with E-state index < -0.39 is 0 Å². The Morgan fingerprint density at radius 3 is 3.00 bits per heavy atom. The number of nitrogens with one attached hydrogen (secondary N) is 1. The van der Waals surface area contributed by atoms with Crippen molar-refractivity contribution >= 4 is 5.69 Å². The van der Waals surface area contributed by atoms with Crippen LogP contribution in [-0.4, -0.2) is 17.3 Å². The molecule has 1 aliphatic rings. The average molecular weight is 251 g/mol. The summed E-state index contributed by atoms with van der Waals surface area (Å²) in [5.41, 5.74) is 0.494. The molecule has 0 spiro atoms. The van der Waals surface area contributed by atoms with E-state index in [0.29, 0.717) is 5.92 Å². The lowest BCUT2D eigenvalue weighted by Gasteiger charge is -2.41. The Morgan fingerprint density at radius 2 is 2.33 bits per heavy atom. The highest BCUT2D eigenvalue weighted by Gasteiger charge is 2.35. The molecular weight excluding hydrogens is 229 g/mol. The first kappa shape index (κ1) is 13.3. The van der Waals surface area contributed by atoms with Crippen LogP contribution in [0, 0.1) is 11.7 Å². The number of aliphatic hydroxyl groups is 1. The quantitative estimate of drug-likeness (QED) is 0.857. The Kier molecular flexibility index (Phi) is 4.23. The number of halogens is 1. The SMILES string of the molecule is CCC1CCCC(CO)(Nc2cccc(F)c2)C1. The van der Waals surface area contributed by atoms with E-state index in [-0.39, 0.29) is 18.0 Å². The van der Waals surface area contributed by atoms with E-state index in [9.17, 15) is 9.50 Å². The molecule has 3 heteroatoms. The van der Waals surface area contributed by atoms with Crippen molar-refractivity contribution in [2.75, 3.05) is 11.9 Å². The molecule has 1 saturated carbocycles. The summed E-state index contributed by atoms with van der Waals surface area (Å²) < 4.78 is 13.2. The Bertz CT molecular complexity index is 396. The third-order valence-electron chi connectivity index (χ3n) is 4.06. The summed E-state index contributed by atoms with van der Waals surface area (Å²) in [5.74, 6) is 0.419. The highest BCUT2D eigenvalue weighted by molar-refractivity contribution is 5.46. The molecule has 18 heavy (non-hydrogen) atoms. The maximum Gasteiger partial charge on any atom is 0.125 e. The smallest absolute Gasteiger partial charge is 0.125 e. The monoisotopic (exact) mass is 251 g/mol. The number of benzene rings is 1. The molecule has 0 saturated heterocycles. The molecule has 2 N–H and O–H groups in total. The third-order valence-corrected chi connectivity index (χ3v) is 4.06. The molecule has 2 atom stereocenters. The number of rotatable bonds is 4. The summed E-state index contributed by atoms with van der Waals surface area (Å²) in [7, 11) is 0. The molecule has 2 nitrogen and oxygen atoms in total. The highest BCUT2D eigenvalue weighted by atomic mass is 19.1. The van der Waals surface area contributed by atoms with Gasteiger partial charge in [-0.1, -0.05) is 32.3 Å². The minimum Gasteiger partial charge on any atom is -0.394 e. The summed E-state index contributed by atoms with van der Waals surface area (Å²) in [4.78, 5) is 0. The molecule has 1 fully saturated rings. The molecule has 1 aromatic rings.